The second kappa shape index (κ2) is 12.1. The minimum Gasteiger partial charge on any atom is -0.455 e. The normalized spacial score (nSPS) is 13.2. The van der Waals surface area contributed by atoms with Gasteiger partial charge in [-0.1, -0.05) is 115 Å². The maximum Gasteiger partial charge on any atom is 0.144 e. The first-order chi connectivity index (χ1) is 27.8. The van der Waals surface area contributed by atoms with Crippen LogP contribution in [0.3, 0.4) is 0 Å². The third-order valence-corrected chi connectivity index (χ3v) is 11.6. The zero-order chi connectivity index (χ0) is 36.7. The minimum atomic E-state index is 0.841. The Hall–Kier alpha value is -7.30. The van der Waals surface area contributed by atoms with Gasteiger partial charge in [0, 0.05) is 77.0 Å². The lowest BCUT2D eigenvalue weighted by molar-refractivity contribution is 0.650. The first-order valence-electron chi connectivity index (χ1n) is 19.3. The molecule has 0 saturated carbocycles. The average Bonchev–Trinajstić information content (AvgIpc) is 3.27. The van der Waals surface area contributed by atoms with E-state index in [-0.39, 0.29) is 0 Å². The largest absolute Gasteiger partial charge is 0.455 e. The molecule has 0 amide bonds. The van der Waals surface area contributed by atoms with Crippen LogP contribution in [0.25, 0.3) is 76.5 Å². The molecule has 0 spiro atoms. The third kappa shape index (κ3) is 4.41. The van der Waals surface area contributed by atoms with Crippen LogP contribution >= 0.6 is 0 Å². The number of hydrogen-bond donors (Lipinski definition) is 0. The summed E-state index contributed by atoms with van der Waals surface area (Å²) in [4.78, 5) is 4.85. The van der Waals surface area contributed by atoms with Gasteiger partial charge in [0.05, 0.1) is 11.4 Å². The molecule has 0 radical (unpaired) electrons. The smallest absolute Gasteiger partial charge is 0.144 e. The highest BCUT2D eigenvalue weighted by Crippen LogP contribution is 2.56. The summed E-state index contributed by atoms with van der Waals surface area (Å²) in [5.74, 6) is 0. The predicted molar refractivity (Wildman–Crippen MR) is 234 cm³/mol. The molecule has 56 heavy (non-hydrogen) atoms. The van der Waals surface area contributed by atoms with E-state index in [2.05, 4.69) is 192 Å². The second-order valence-electron chi connectivity index (χ2n) is 14.7. The quantitative estimate of drug-likeness (QED) is 0.127. The van der Waals surface area contributed by atoms with Crippen molar-refractivity contribution in [3.05, 3.63) is 188 Å². The molecule has 0 fully saturated rings. The Kier molecular flexibility index (Phi) is 6.72. The van der Waals surface area contributed by atoms with Crippen molar-refractivity contribution in [2.45, 2.75) is 12.8 Å². The van der Waals surface area contributed by atoms with Crippen molar-refractivity contribution in [2.75, 3.05) is 9.80 Å². The molecule has 0 atom stereocenters. The summed E-state index contributed by atoms with van der Waals surface area (Å²) in [7, 11) is 0. The number of para-hydroxylation sites is 3. The van der Waals surface area contributed by atoms with Crippen LogP contribution in [-0.2, 0) is 0 Å². The molecule has 1 aliphatic carbocycles. The Bertz CT molecular complexity index is 3260. The Labute approximate surface area is 323 Å². The molecule has 2 heterocycles. The molecule has 4 nitrogen and oxygen atoms in total. The molecule has 12 rings (SSSR count). The van der Waals surface area contributed by atoms with E-state index in [0.29, 0.717) is 0 Å². The number of allylic oxidation sites excluding steroid dienone is 4. The first-order valence-corrected chi connectivity index (χ1v) is 19.3. The first kappa shape index (κ1) is 31.1. The summed E-state index contributed by atoms with van der Waals surface area (Å²) < 4.78 is 14.4. The number of fused-ring (bicyclic) bond motifs is 4. The van der Waals surface area contributed by atoms with E-state index in [4.69, 9.17) is 8.83 Å². The van der Waals surface area contributed by atoms with Gasteiger partial charge < -0.3 is 18.6 Å². The minimum absolute atomic E-state index is 0.841. The molecule has 264 valence electrons. The summed E-state index contributed by atoms with van der Waals surface area (Å²) >= 11 is 0. The van der Waals surface area contributed by atoms with Gasteiger partial charge in [-0.25, -0.2) is 0 Å². The van der Waals surface area contributed by atoms with Crippen molar-refractivity contribution >= 4 is 93.9 Å². The van der Waals surface area contributed by atoms with Crippen molar-refractivity contribution in [3.8, 4) is 11.1 Å². The predicted octanol–water partition coefficient (Wildman–Crippen LogP) is 15.2. The van der Waals surface area contributed by atoms with Gasteiger partial charge in [0.2, 0.25) is 0 Å². The molecule has 9 aromatic carbocycles. The lowest BCUT2D eigenvalue weighted by Gasteiger charge is -2.32. The van der Waals surface area contributed by atoms with E-state index in [9.17, 15) is 0 Å². The molecular formula is C52H34N2O2. The standard InChI is InChI=1S/C52H34N2O2/c1-5-17-33(18-6-1)53(34-19-7-2-8-20-34)49-37-25-13-15-27-39(37)51-45-41(49)29-31-43-47(45)48-44(55-51)32-30-42-46(48)52(56-43)40-28-16-14-26-38(40)50(42)54(35-21-9-3-10-22-35)36-23-11-4-12-24-36/h1-11,13-23,25-32H,12,24H2. The molecular weight excluding hydrogens is 685 g/mol. The second-order valence-corrected chi connectivity index (χ2v) is 14.7. The highest BCUT2D eigenvalue weighted by atomic mass is 16.3. The van der Waals surface area contributed by atoms with E-state index in [0.717, 1.165) is 118 Å². The van der Waals surface area contributed by atoms with Crippen LogP contribution in [0.4, 0.5) is 28.4 Å². The number of benzene rings is 9. The van der Waals surface area contributed by atoms with Crippen LogP contribution in [0.5, 0.6) is 0 Å². The summed E-state index contributed by atoms with van der Waals surface area (Å²) in [6, 6.07) is 58.3. The van der Waals surface area contributed by atoms with Crippen LogP contribution in [0.1, 0.15) is 12.8 Å². The van der Waals surface area contributed by atoms with Gasteiger partial charge in [-0.15, -0.1) is 0 Å². The summed E-state index contributed by atoms with van der Waals surface area (Å²) in [5, 5.41) is 8.76. The van der Waals surface area contributed by atoms with Gasteiger partial charge in [-0.05, 0) is 79.6 Å². The number of rotatable bonds is 6. The van der Waals surface area contributed by atoms with Crippen molar-refractivity contribution in [1.82, 2.24) is 0 Å². The van der Waals surface area contributed by atoms with E-state index in [1.54, 1.807) is 0 Å². The fourth-order valence-corrected chi connectivity index (χ4v) is 9.30. The third-order valence-electron chi connectivity index (χ3n) is 11.6. The molecule has 2 aliphatic heterocycles. The molecule has 0 saturated heterocycles. The molecule has 4 heteroatoms. The fourth-order valence-electron chi connectivity index (χ4n) is 9.30. The van der Waals surface area contributed by atoms with Crippen LogP contribution in [0, 0.1) is 0 Å². The van der Waals surface area contributed by atoms with E-state index < -0.39 is 0 Å². The average molecular weight is 719 g/mol. The number of hydrogen-bond acceptors (Lipinski definition) is 4. The van der Waals surface area contributed by atoms with Gasteiger partial charge in [0.1, 0.15) is 22.3 Å². The van der Waals surface area contributed by atoms with Crippen LogP contribution in [0.15, 0.2) is 197 Å². The molecule has 0 unspecified atom stereocenters. The van der Waals surface area contributed by atoms with Crippen molar-refractivity contribution in [1.29, 1.82) is 0 Å². The monoisotopic (exact) mass is 718 g/mol. The topological polar surface area (TPSA) is 32.8 Å². The van der Waals surface area contributed by atoms with Crippen molar-refractivity contribution in [3.63, 3.8) is 0 Å². The Balaban J connectivity index is 1.25. The van der Waals surface area contributed by atoms with Gasteiger partial charge >= 0.3 is 0 Å². The van der Waals surface area contributed by atoms with Crippen molar-refractivity contribution < 1.29 is 8.83 Å². The zero-order valence-electron chi connectivity index (χ0n) is 30.4. The van der Waals surface area contributed by atoms with E-state index in [1.165, 1.54) is 5.70 Å². The van der Waals surface area contributed by atoms with Crippen LogP contribution in [0.2, 0.25) is 0 Å². The van der Waals surface area contributed by atoms with Gasteiger partial charge in [0.15, 0.2) is 0 Å². The maximum absolute atomic E-state index is 7.21. The fraction of sp³-hybridized carbons (Fsp3) is 0.0385. The lowest BCUT2D eigenvalue weighted by atomic mass is 9.86. The Morgan fingerprint density at radius 2 is 0.821 bits per heavy atom. The molecule has 9 aromatic rings. The van der Waals surface area contributed by atoms with Gasteiger partial charge in [0.25, 0.3) is 0 Å². The van der Waals surface area contributed by atoms with Gasteiger partial charge in [-0.3, -0.25) is 0 Å². The molecule has 0 aromatic heterocycles. The highest BCUT2D eigenvalue weighted by Gasteiger charge is 2.32. The summed E-state index contributed by atoms with van der Waals surface area (Å²) in [6.07, 6.45) is 8.65. The zero-order valence-corrected chi connectivity index (χ0v) is 30.4. The van der Waals surface area contributed by atoms with E-state index >= 15 is 0 Å². The number of anilines is 5. The summed E-state index contributed by atoms with van der Waals surface area (Å²) in [5.41, 5.74) is 12.4. The van der Waals surface area contributed by atoms with Gasteiger partial charge in [-0.2, -0.15) is 0 Å². The van der Waals surface area contributed by atoms with Crippen molar-refractivity contribution in [2.24, 2.45) is 0 Å². The summed E-state index contributed by atoms with van der Waals surface area (Å²) in [6.45, 7) is 0. The maximum atomic E-state index is 7.21. The van der Waals surface area contributed by atoms with Crippen LogP contribution in [-0.4, -0.2) is 0 Å². The molecule has 3 aliphatic rings. The van der Waals surface area contributed by atoms with Crippen LogP contribution < -0.4 is 9.80 Å². The molecule has 0 bridgehead atoms. The highest BCUT2D eigenvalue weighted by molar-refractivity contribution is 6.35. The Morgan fingerprint density at radius 3 is 1.29 bits per heavy atom. The Morgan fingerprint density at radius 1 is 0.393 bits per heavy atom. The van der Waals surface area contributed by atoms with E-state index in [1.807, 2.05) is 0 Å². The number of nitrogens with zero attached hydrogens (tertiary/aromatic N) is 2. The lowest BCUT2D eigenvalue weighted by Crippen LogP contribution is -2.18. The SMILES string of the molecule is C1=CCCC(N(c2ccccc2)c2c3ccccc3c3oc4ccc5c(N(c6ccccc6)c6ccccc6)c6ccccc6c6oc7ccc2c3c7-c4c56)=C1. The molecule has 0 N–H and O–H groups in total.